The summed E-state index contributed by atoms with van der Waals surface area (Å²) in [4.78, 5) is 14.3. The Morgan fingerprint density at radius 3 is 3.10 bits per heavy atom. The minimum absolute atomic E-state index is 0.0730. The van der Waals surface area contributed by atoms with Crippen LogP contribution in [0.5, 0.6) is 0 Å². The third-order valence-electron chi connectivity index (χ3n) is 5.42. The molecule has 4 rings (SSSR count). The molecule has 0 aromatic carbocycles. The SMILES string of the molecule is Cc1cc(NC(=O)N2C[C@@H]3[C@@H]4C=C[C@@H](C4)[C@]3(C)C2)on1. The van der Waals surface area contributed by atoms with Crippen LogP contribution in [0.15, 0.2) is 22.7 Å². The van der Waals surface area contributed by atoms with Gasteiger partial charge in [0.15, 0.2) is 0 Å². The summed E-state index contributed by atoms with van der Waals surface area (Å²) in [7, 11) is 0. The average Bonchev–Trinajstić information content (AvgIpc) is 3.10. The highest BCUT2D eigenvalue weighted by atomic mass is 16.5. The minimum atomic E-state index is -0.0730. The third kappa shape index (κ3) is 1.55. The molecule has 5 nitrogen and oxygen atoms in total. The number of amides is 2. The van der Waals surface area contributed by atoms with Crippen LogP contribution in [0.4, 0.5) is 10.7 Å². The van der Waals surface area contributed by atoms with Gasteiger partial charge in [0.05, 0.1) is 5.69 Å². The molecule has 0 unspecified atom stereocenters. The van der Waals surface area contributed by atoms with Crippen LogP contribution in [0.2, 0.25) is 0 Å². The summed E-state index contributed by atoms with van der Waals surface area (Å²) < 4.78 is 5.05. The first-order chi connectivity index (χ1) is 9.56. The first-order valence-corrected chi connectivity index (χ1v) is 7.24. The topological polar surface area (TPSA) is 58.4 Å². The molecule has 2 aliphatic carbocycles. The van der Waals surface area contributed by atoms with E-state index < -0.39 is 0 Å². The first-order valence-electron chi connectivity index (χ1n) is 7.24. The van der Waals surface area contributed by atoms with Crippen molar-refractivity contribution in [2.45, 2.75) is 20.3 Å². The van der Waals surface area contributed by atoms with Crippen LogP contribution in [-0.4, -0.2) is 29.2 Å². The van der Waals surface area contributed by atoms with Gasteiger partial charge in [-0.2, -0.15) is 0 Å². The third-order valence-corrected chi connectivity index (χ3v) is 5.42. The van der Waals surface area contributed by atoms with Gasteiger partial charge in [0.1, 0.15) is 0 Å². The molecular formula is C15H19N3O2. The molecule has 2 fully saturated rings. The van der Waals surface area contributed by atoms with Gasteiger partial charge in [0, 0.05) is 19.2 Å². The maximum absolute atomic E-state index is 12.3. The van der Waals surface area contributed by atoms with Crippen molar-refractivity contribution in [3.63, 3.8) is 0 Å². The second-order valence-corrected chi connectivity index (χ2v) is 6.65. The van der Waals surface area contributed by atoms with Crippen molar-refractivity contribution in [2.75, 3.05) is 18.4 Å². The van der Waals surface area contributed by atoms with E-state index >= 15 is 0 Å². The summed E-state index contributed by atoms with van der Waals surface area (Å²) >= 11 is 0. The van der Waals surface area contributed by atoms with Gasteiger partial charge < -0.3 is 9.42 Å². The van der Waals surface area contributed by atoms with Crippen LogP contribution in [0.25, 0.3) is 0 Å². The number of urea groups is 1. The molecule has 0 radical (unpaired) electrons. The molecule has 1 aromatic heterocycles. The summed E-state index contributed by atoms with van der Waals surface area (Å²) in [6, 6.07) is 1.66. The number of allylic oxidation sites excluding steroid dienone is 2. The van der Waals surface area contributed by atoms with Gasteiger partial charge in [-0.3, -0.25) is 5.32 Å². The van der Waals surface area contributed by atoms with Crippen molar-refractivity contribution in [3.8, 4) is 0 Å². The lowest BCUT2D eigenvalue weighted by Crippen LogP contribution is -2.36. The second kappa shape index (κ2) is 3.87. The standard InChI is InChI=1S/C15H19N3O2/c1-9-5-13(20-17-9)16-14(19)18-7-12-10-3-4-11(6-10)15(12,2)8-18/h3-5,10-12H,6-8H2,1-2H3,(H,16,19)/t10-,11+,12-,15+/m1/s1. The fourth-order valence-electron chi connectivity index (χ4n) is 4.33. The number of fused-ring (bicyclic) bond motifs is 5. The van der Waals surface area contributed by atoms with E-state index in [-0.39, 0.29) is 11.4 Å². The van der Waals surface area contributed by atoms with Gasteiger partial charge >= 0.3 is 6.03 Å². The molecule has 2 heterocycles. The number of likely N-dealkylation sites (tertiary alicyclic amines) is 1. The molecule has 2 amide bonds. The molecule has 106 valence electrons. The van der Waals surface area contributed by atoms with E-state index in [1.807, 2.05) is 11.8 Å². The number of aryl methyl sites for hydroxylation is 1. The monoisotopic (exact) mass is 273 g/mol. The van der Waals surface area contributed by atoms with E-state index in [2.05, 4.69) is 29.5 Å². The lowest BCUT2D eigenvalue weighted by molar-refractivity contribution is 0.202. The van der Waals surface area contributed by atoms with E-state index in [1.165, 1.54) is 6.42 Å². The molecule has 1 saturated carbocycles. The van der Waals surface area contributed by atoms with E-state index in [9.17, 15) is 4.79 Å². The number of carbonyl (C=O) groups is 1. The molecule has 2 bridgehead atoms. The van der Waals surface area contributed by atoms with Crippen molar-refractivity contribution in [3.05, 3.63) is 23.9 Å². The Morgan fingerprint density at radius 1 is 1.55 bits per heavy atom. The van der Waals surface area contributed by atoms with Crippen LogP contribution < -0.4 is 5.32 Å². The van der Waals surface area contributed by atoms with Gasteiger partial charge in [0.2, 0.25) is 5.88 Å². The van der Waals surface area contributed by atoms with Crippen molar-refractivity contribution in [1.82, 2.24) is 10.1 Å². The summed E-state index contributed by atoms with van der Waals surface area (Å²) in [5.74, 6) is 2.34. The van der Waals surface area contributed by atoms with Crippen molar-refractivity contribution >= 4 is 11.9 Å². The number of aromatic nitrogens is 1. The van der Waals surface area contributed by atoms with Crippen molar-refractivity contribution in [1.29, 1.82) is 0 Å². The summed E-state index contributed by atoms with van der Waals surface area (Å²) in [5, 5.41) is 6.58. The Kier molecular flexibility index (Phi) is 2.32. The average molecular weight is 273 g/mol. The number of hydrogen-bond donors (Lipinski definition) is 1. The van der Waals surface area contributed by atoms with E-state index in [0.29, 0.717) is 23.6 Å². The number of carbonyl (C=O) groups excluding carboxylic acids is 1. The minimum Gasteiger partial charge on any atom is -0.338 e. The normalized spacial score (nSPS) is 37.5. The Bertz CT molecular complexity index is 594. The zero-order valence-electron chi connectivity index (χ0n) is 11.8. The Labute approximate surface area is 118 Å². The summed E-state index contributed by atoms with van der Waals surface area (Å²) in [6.07, 6.45) is 5.97. The molecule has 1 N–H and O–H groups in total. The maximum atomic E-state index is 12.3. The van der Waals surface area contributed by atoms with Gasteiger partial charge in [-0.25, -0.2) is 4.79 Å². The highest BCUT2D eigenvalue weighted by Crippen LogP contribution is 2.59. The summed E-state index contributed by atoms with van der Waals surface area (Å²) in [6.45, 7) is 5.85. The predicted octanol–water partition coefficient (Wildman–Crippen LogP) is 2.66. The molecule has 1 aromatic rings. The van der Waals surface area contributed by atoms with Gasteiger partial charge in [-0.05, 0) is 36.5 Å². The van der Waals surface area contributed by atoms with Crippen LogP contribution in [0.3, 0.4) is 0 Å². The Balaban J connectivity index is 1.48. The molecular weight excluding hydrogens is 254 g/mol. The van der Waals surface area contributed by atoms with Gasteiger partial charge in [0.25, 0.3) is 0 Å². The van der Waals surface area contributed by atoms with Gasteiger partial charge in [-0.1, -0.05) is 24.2 Å². The molecule has 1 saturated heterocycles. The maximum Gasteiger partial charge on any atom is 0.324 e. The van der Waals surface area contributed by atoms with Crippen LogP contribution in [0.1, 0.15) is 19.0 Å². The highest BCUT2D eigenvalue weighted by Gasteiger charge is 2.58. The Morgan fingerprint density at radius 2 is 2.40 bits per heavy atom. The van der Waals surface area contributed by atoms with Crippen LogP contribution in [-0.2, 0) is 0 Å². The molecule has 5 heteroatoms. The Hall–Kier alpha value is -1.78. The lowest BCUT2D eigenvalue weighted by atomic mass is 9.72. The van der Waals surface area contributed by atoms with E-state index in [4.69, 9.17) is 4.52 Å². The molecule has 1 aliphatic heterocycles. The highest BCUT2D eigenvalue weighted by molar-refractivity contribution is 5.88. The molecule has 4 atom stereocenters. The lowest BCUT2D eigenvalue weighted by Gasteiger charge is -2.31. The van der Waals surface area contributed by atoms with E-state index in [0.717, 1.165) is 18.8 Å². The molecule has 3 aliphatic rings. The van der Waals surface area contributed by atoms with E-state index in [1.54, 1.807) is 6.07 Å². The van der Waals surface area contributed by atoms with Crippen LogP contribution >= 0.6 is 0 Å². The zero-order valence-corrected chi connectivity index (χ0v) is 11.8. The predicted molar refractivity (Wildman–Crippen MR) is 74.2 cm³/mol. The van der Waals surface area contributed by atoms with Crippen molar-refractivity contribution in [2.24, 2.45) is 23.2 Å². The number of nitrogens with one attached hydrogen (secondary N) is 1. The number of rotatable bonds is 1. The fourth-order valence-corrected chi connectivity index (χ4v) is 4.33. The van der Waals surface area contributed by atoms with Crippen LogP contribution in [0, 0.1) is 30.1 Å². The number of nitrogens with zero attached hydrogens (tertiary/aromatic N) is 2. The second-order valence-electron chi connectivity index (χ2n) is 6.65. The molecule has 0 spiro atoms. The largest absolute Gasteiger partial charge is 0.338 e. The number of hydrogen-bond acceptors (Lipinski definition) is 3. The number of anilines is 1. The molecule has 20 heavy (non-hydrogen) atoms. The first kappa shape index (κ1) is 12.0. The quantitative estimate of drug-likeness (QED) is 0.800. The fraction of sp³-hybridized carbons (Fsp3) is 0.600. The smallest absolute Gasteiger partial charge is 0.324 e. The van der Waals surface area contributed by atoms with Crippen molar-refractivity contribution < 1.29 is 9.32 Å². The zero-order chi connectivity index (χ0) is 13.9. The van der Waals surface area contributed by atoms with Gasteiger partial charge in [-0.15, -0.1) is 0 Å². The summed E-state index contributed by atoms with van der Waals surface area (Å²) in [5.41, 5.74) is 1.03.